The van der Waals surface area contributed by atoms with Crippen LogP contribution in [0.15, 0.2) is 0 Å². The summed E-state index contributed by atoms with van der Waals surface area (Å²) in [6.07, 6.45) is 0.815. The largest absolute Gasteiger partial charge is 0.444 e. The first-order valence-corrected chi connectivity index (χ1v) is 6.06. The van der Waals surface area contributed by atoms with Gasteiger partial charge in [-0.2, -0.15) is 0 Å². The standard InChI is InChI=1S/C12H24N2O2/c1-9-7-13-6-5-10(9)8-14-11(15)16-12(2,3)4/h9-10,13H,5-8H2,1-4H3,(H,14,15)/t9-,10+/m1/s1. The van der Waals surface area contributed by atoms with Gasteiger partial charge in [-0.25, -0.2) is 4.79 Å². The van der Waals surface area contributed by atoms with Crippen LogP contribution in [0.1, 0.15) is 34.1 Å². The van der Waals surface area contributed by atoms with Crippen molar-refractivity contribution >= 4 is 6.09 Å². The highest BCUT2D eigenvalue weighted by Crippen LogP contribution is 2.17. The number of alkyl carbamates (subject to hydrolysis) is 1. The Morgan fingerprint density at radius 1 is 1.50 bits per heavy atom. The van der Waals surface area contributed by atoms with Crippen molar-refractivity contribution in [3.05, 3.63) is 0 Å². The van der Waals surface area contributed by atoms with Gasteiger partial charge in [0.15, 0.2) is 0 Å². The number of hydrogen-bond donors (Lipinski definition) is 2. The van der Waals surface area contributed by atoms with Crippen LogP contribution >= 0.6 is 0 Å². The molecule has 4 nitrogen and oxygen atoms in total. The number of piperidine rings is 1. The molecule has 1 aliphatic rings. The molecular formula is C12H24N2O2. The van der Waals surface area contributed by atoms with Crippen molar-refractivity contribution in [3.8, 4) is 0 Å². The van der Waals surface area contributed by atoms with Crippen LogP contribution < -0.4 is 10.6 Å². The summed E-state index contributed by atoms with van der Waals surface area (Å²) in [6, 6.07) is 0. The van der Waals surface area contributed by atoms with Gasteiger partial charge in [-0.1, -0.05) is 6.92 Å². The SMILES string of the molecule is C[C@@H]1CNCC[C@H]1CNC(=O)OC(C)(C)C. The highest BCUT2D eigenvalue weighted by atomic mass is 16.6. The Bertz CT molecular complexity index is 236. The first-order valence-electron chi connectivity index (χ1n) is 6.06. The lowest BCUT2D eigenvalue weighted by Gasteiger charge is -2.30. The Morgan fingerprint density at radius 2 is 2.19 bits per heavy atom. The zero-order valence-corrected chi connectivity index (χ0v) is 10.8. The molecule has 1 rings (SSSR count). The Balaban J connectivity index is 2.25. The van der Waals surface area contributed by atoms with Gasteiger partial charge in [-0.15, -0.1) is 0 Å². The molecule has 1 amide bonds. The molecule has 1 fully saturated rings. The van der Waals surface area contributed by atoms with Crippen LogP contribution in [0.2, 0.25) is 0 Å². The maximum Gasteiger partial charge on any atom is 0.407 e. The van der Waals surface area contributed by atoms with Crippen molar-refractivity contribution in [2.75, 3.05) is 19.6 Å². The second kappa shape index (κ2) is 5.53. The fourth-order valence-electron chi connectivity index (χ4n) is 1.90. The Kier molecular flexibility index (Phi) is 4.59. The van der Waals surface area contributed by atoms with Gasteiger partial charge in [0.25, 0.3) is 0 Å². The highest BCUT2D eigenvalue weighted by Gasteiger charge is 2.22. The molecule has 16 heavy (non-hydrogen) atoms. The molecule has 0 saturated carbocycles. The van der Waals surface area contributed by atoms with Gasteiger partial charge in [-0.3, -0.25) is 0 Å². The first-order chi connectivity index (χ1) is 7.38. The van der Waals surface area contributed by atoms with E-state index in [2.05, 4.69) is 17.6 Å². The summed E-state index contributed by atoms with van der Waals surface area (Å²) in [7, 11) is 0. The molecule has 0 unspecified atom stereocenters. The molecule has 0 spiro atoms. The summed E-state index contributed by atoms with van der Waals surface area (Å²) in [5, 5.41) is 6.20. The van der Waals surface area contributed by atoms with Gasteiger partial charge in [0.05, 0.1) is 0 Å². The Hall–Kier alpha value is -0.770. The van der Waals surface area contributed by atoms with Crippen LogP contribution in [0.5, 0.6) is 0 Å². The average Bonchev–Trinajstić information content (AvgIpc) is 2.14. The van der Waals surface area contributed by atoms with Gasteiger partial charge in [0, 0.05) is 6.54 Å². The predicted molar refractivity (Wildman–Crippen MR) is 64.4 cm³/mol. The first kappa shape index (κ1) is 13.3. The normalized spacial score (nSPS) is 26.2. The van der Waals surface area contributed by atoms with E-state index in [0.29, 0.717) is 11.8 Å². The number of rotatable bonds is 2. The van der Waals surface area contributed by atoms with Crippen molar-refractivity contribution < 1.29 is 9.53 Å². The highest BCUT2D eigenvalue weighted by molar-refractivity contribution is 5.67. The molecule has 2 atom stereocenters. The van der Waals surface area contributed by atoms with Crippen LogP contribution in [0.25, 0.3) is 0 Å². The molecule has 0 aliphatic carbocycles. The number of hydrogen-bond acceptors (Lipinski definition) is 3. The molecule has 0 aromatic carbocycles. The fourth-order valence-corrected chi connectivity index (χ4v) is 1.90. The molecule has 0 radical (unpaired) electrons. The van der Waals surface area contributed by atoms with Crippen LogP contribution in [0.4, 0.5) is 4.79 Å². The van der Waals surface area contributed by atoms with Crippen molar-refractivity contribution in [2.45, 2.75) is 39.7 Å². The van der Waals surface area contributed by atoms with E-state index in [0.717, 1.165) is 26.1 Å². The van der Waals surface area contributed by atoms with Crippen molar-refractivity contribution in [1.29, 1.82) is 0 Å². The van der Waals surface area contributed by atoms with E-state index in [1.54, 1.807) is 0 Å². The van der Waals surface area contributed by atoms with E-state index in [-0.39, 0.29) is 6.09 Å². The zero-order valence-electron chi connectivity index (χ0n) is 10.8. The summed E-state index contributed by atoms with van der Waals surface area (Å²) < 4.78 is 5.20. The predicted octanol–water partition coefficient (Wildman–Crippen LogP) is 1.76. The Labute approximate surface area is 98.1 Å². The van der Waals surface area contributed by atoms with Crippen LogP contribution in [0, 0.1) is 11.8 Å². The number of amides is 1. The van der Waals surface area contributed by atoms with Crippen LogP contribution in [-0.2, 0) is 4.74 Å². The minimum absolute atomic E-state index is 0.307. The maximum absolute atomic E-state index is 11.5. The maximum atomic E-state index is 11.5. The molecule has 1 aliphatic heterocycles. The summed E-state index contributed by atoms with van der Waals surface area (Å²) in [5.74, 6) is 1.18. The summed E-state index contributed by atoms with van der Waals surface area (Å²) in [4.78, 5) is 11.5. The third-order valence-corrected chi connectivity index (χ3v) is 2.87. The fraction of sp³-hybridized carbons (Fsp3) is 0.917. The smallest absolute Gasteiger partial charge is 0.407 e. The molecule has 0 aromatic rings. The zero-order chi connectivity index (χ0) is 12.2. The monoisotopic (exact) mass is 228 g/mol. The van der Waals surface area contributed by atoms with Gasteiger partial charge >= 0.3 is 6.09 Å². The topological polar surface area (TPSA) is 50.4 Å². The van der Waals surface area contributed by atoms with E-state index in [1.807, 2.05) is 20.8 Å². The molecular weight excluding hydrogens is 204 g/mol. The lowest BCUT2D eigenvalue weighted by atomic mass is 9.88. The summed E-state index contributed by atoms with van der Waals surface area (Å²) in [6.45, 7) is 10.6. The molecule has 1 heterocycles. The van der Waals surface area contributed by atoms with Gasteiger partial charge < -0.3 is 15.4 Å². The second-order valence-electron chi connectivity index (χ2n) is 5.61. The van der Waals surface area contributed by atoms with E-state index in [4.69, 9.17) is 4.74 Å². The number of carbonyl (C=O) groups is 1. The van der Waals surface area contributed by atoms with Crippen LogP contribution in [0.3, 0.4) is 0 Å². The molecule has 0 aromatic heterocycles. The van der Waals surface area contributed by atoms with Gasteiger partial charge in [0.2, 0.25) is 0 Å². The summed E-state index contributed by atoms with van der Waals surface area (Å²) >= 11 is 0. The van der Waals surface area contributed by atoms with E-state index >= 15 is 0 Å². The minimum atomic E-state index is -0.413. The lowest BCUT2D eigenvalue weighted by Crippen LogP contribution is -2.42. The number of carbonyl (C=O) groups excluding carboxylic acids is 1. The van der Waals surface area contributed by atoms with E-state index in [9.17, 15) is 4.79 Å². The Morgan fingerprint density at radius 3 is 2.75 bits per heavy atom. The molecule has 94 valence electrons. The minimum Gasteiger partial charge on any atom is -0.444 e. The summed E-state index contributed by atoms with van der Waals surface area (Å²) in [5.41, 5.74) is -0.413. The van der Waals surface area contributed by atoms with Gasteiger partial charge in [0.1, 0.15) is 5.60 Å². The molecule has 0 bridgehead atoms. The lowest BCUT2D eigenvalue weighted by molar-refractivity contribution is 0.0510. The number of nitrogens with one attached hydrogen (secondary N) is 2. The van der Waals surface area contributed by atoms with Crippen molar-refractivity contribution in [1.82, 2.24) is 10.6 Å². The molecule has 1 saturated heterocycles. The van der Waals surface area contributed by atoms with E-state index < -0.39 is 5.60 Å². The van der Waals surface area contributed by atoms with Gasteiger partial charge in [-0.05, 0) is 52.1 Å². The van der Waals surface area contributed by atoms with Crippen LogP contribution in [-0.4, -0.2) is 31.3 Å². The third kappa shape index (κ3) is 4.84. The third-order valence-electron chi connectivity index (χ3n) is 2.87. The second-order valence-corrected chi connectivity index (χ2v) is 5.61. The molecule has 2 N–H and O–H groups in total. The molecule has 4 heteroatoms. The average molecular weight is 228 g/mol. The van der Waals surface area contributed by atoms with Crippen molar-refractivity contribution in [2.24, 2.45) is 11.8 Å². The van der Waals surface area contributed by atoms with Crippen molar-refractivity contribution in [3.63, 3.8) is 0 Å². The van der Waals surface area contributed by atoms with E-state index in [1.165, 1.54) is 0 Å². The quantitative estimate of drug-likeness (QED) is 0.757. The number of ether oxygens (including phenoxy) is 1.